The maximum absolute atomic E-state index is 13.5. The number of carbonyl (C=O) groups is 1. The maximum Gasteiger partial charge on any atom is 0.312 e. The monoisotopic (exact) mass is 673 g/mol. The summed E-state index contributed by atoms with van der Waals surface area (Å²) >= 11 is 6.62. The molecule has 1 amide bonds. The summed E-state index contributed by atoms with van der Waals surface area (Å²) in [5.41, 5.74) is -0.635. The van der Waals surface area contributed by atoms with Crippen molar-refractivity contribution in [1.29, 1.82) is 0 Å². The summed E-state index contributed by atoms with van der Waals surface area (Å²) in [4.78, 5) is 41.8. The molecule has 40 heavy (non-hydrogen) atoms. The summed E-state index contributed by atoms with van der Waals surface area (Å²) in [5, 5.41) is 19.0. The van der Waals surface area contributed by atoms with Crippen molar-refractivity contribution < 1.29 is 18.8 Å². The van der Waals surface area contributed by atoms with Crippen LogP contribution in [0.1, 0.15) is 32.2 Å². The molecule has 13 heteroatoms. The molecule has 0 saturated carbocycles. The molecule has 0 bridgehead atoms. The third-order valence-electron chi connectivity index (χ3n) is 5.51. The number of nitro groups is 1. The predicted molar refractivity (Wildman–Crippen MR) is 157 cm³/mol. The molecule has 0 aliphatic carbocycles. The van der Waals surface area contributed by atoms with Gasteiger partial charge in [0, 0.05) is 31.7 Å². The van der Waals surface area contributed by atoms with Crippen LogP contribution in [0.15, 0.2) is 73.4 Å². The fourth-order valence-electron chi connectivity index (χ4n) is 3.75. The van der Waals surface area contributed by atoms with Crippen molar-refractivity contribution in [3.63, 3.8) is 0 Å². The molecule has 1 aromatic heterocycles. The lowest BCUT2D eigenvalue weighted by Crippen LogP contribution is -2.29. The second kappa shape index (κ2) is 11.6. The summed E-state index contributed by atoms with van der Waals surface area (Å²) in [7, 11) is 0. The van der Waals surface area contributed by atoms with E-state index in [-0.39, 0.29) is 17.0 Å². The van der Waals surface area contributed by atoms with Crippen LogP contribution >= 0.6 is 31.9 Å². The fourth-order valence-corrected chi connectivity index (χ4v) is 4.58. The molecule has 0 radical (unpaired) electrons. The summed E-state index contributed by atoms with van der Waals surface area (Å²) in [6.45, 7) is 5.02. The van der Waals surface area contributed by atoms with Crippen molar-refractivity contribution in [2.45, 2.75) is 26.2 Å². The van der Waals surface area contributed by atoms with Crippen LogP contribution in [0.25, 0.3) is 10.9 Å². The number of hydrogen-bond donors (Lipinski definition) is 1. The van der Waals surface area contributed by atoms with E-state index in [0.29, 0.717) is 25.7 Å². The van der Waals surface area contributed by atoms with E-state index in [1.165, 1.54) is 36.5 Å². The van der Waals surface area contributed by atoms with Crippen LogP contribution in [0.2, 0.25) is 0 Å². The number of fused-ring (bicyclic) bond motifs is 1. The average molecular weight is 675 g/mol. The molecule has 3 aromatic carbocycles. The number of hydrogen-bond acceptors (Lipinski definition) is 7. The molecule has 0 spiro atoms. The number of carbonyl (C=O) groups excluding carboxylic acids is 1. The molecule has 10 nitrogen and oxygen atoms in total. The molecule has 1 N–H and O–H groups in total. The third kappa shape index (κ3) is 6.59. The zero-order chi connectivity index (χ0) is 29.2. The highest BCUT2D eigenvalue weighted by Gasteiger charge is 2.24. The van der Waals surface area contributed by atoms with E-state index in [9.17, 15) is 24.1 Å². The highest BCUT2D eigenvalue weighted by Crippen LogP contribution is 2.34. The van der Waals surface area contributed by atoms with Gasteiger partial charge in [0.05, 0.1) is 22.0 Å². The first kappa shape index (κ1) is 29.0. The van der Waals surface area contributed by atoms with Gasteiger partial charge in [0.25, 0.3) is 11.5 Å². The number of rotatable bonds is 7. The Morgan fingerprint density at radius 3 is 2.60 bits per heavy atom. The highest BCUT2D eigenvalue weighted by atomic mass is 79.9. The number of aromatic nitrogens is 2. The number of benzene rings is 3. The Balaban J connectivity index is 1.76. The number of nitro benzene ring substituents is 1. The summed E-state index contributed by atoms with van der Waals surface area (Å²) < 4.78 is 21.2. The minimum atomic E-state index is -0.666. The predicted octanol–water partition coefficient (Wildman–Crippen LogP) is 6.17. The number of nitrogens with one attached hydrogen (secondary N) is 1. The molecule has 0 aliphatic heterocycles. The Bertz CT molecular complexity index is 1730. The second-order valence-corrected chi connectivity index (χ2v) is 11.5. The molecule has 4 rings (SSSR count). The van der Waals surface area contributed by atoms with E-state index in [0.717, 1.165) is 10.7 Å². The van der Waals surface area contributed by atoms with Gasteiger partial charge in [-0.1, -0.05) is 58.7 Å². The van der Waals surface area contributed by atoms with Crippen LogP contribution in [0.3, 0.4) is 0 Å². The lowest BCUT2D eigenvalue weighted by Gasteiger charge is -2.21. The second-order valence-electron chi connectivity index (χ2n) is 9.66. The zero-order valence-corrected chi connectivity index (χ0v) is 24.6. The van der Waals surface area contributed by atoms with E-state index in [1.54, 1.807) is 18.2 Å². The summed E-state index contributed by atoms with van der Waals surface area (Å²) in [6, 6.07) is 13.1. The van der Waals surface area contributed by atoms with Gasteiger partial charge in [0.1, 0.15) is 11.6 Å². The SMILES string of the molecule is CC(C)(C)c1nc2ccc(Br)cc2c(=O)n1N=Cc1cc(Br)cc([N+](=O)[O-])c1OCC(=O)Nc1cccc(F)c1. The summed E-state index contributed by atoms with van der Waals surface area (Å²) in [5.74, 6) is -1.08. The minimum Gasteiger partial charge on any atom is -0.476 e. The maximum atomic E-state index is 13.5. The van der Waals surface area contributed by atoms with Gasteiger partial charge < -0.3 is 10.1 Å². The zero-order valence-electron chi connectivity index (χ0n) is 21.4. The Hall–Kier alpha value is -3.97. The van der Waals surface area contributed by atoms with Crippen molar-refractivity contribution in [3.8, 4) is 5.75 Å². The van der Waals surface area contributed by atoms with Gasteiger partial charge in [-0.05, 0) is 42.5 Å². The Morgan fingerprint density at radius 2 is 1.93 bits per heavy atom. The van der Waals surface area contributed by atoms with Gasteiger partial charge in [-0.2, -0.15) is 9.78 Å². The van der Waals surface area contributed by atoms with E-state index >= 15 is 0 Å². The number of nitrogens with zero attached hydrogens (tertiary/aromatic N) is 4. The fraction of sp³-hybridized carbons (Fsp3) is 0.185. The number of amides is 1. The van der Waals surface area contributed by atoms with Crippen LogP contribution in [0, 0.1) is 15.9 Å². The minimum absolute atomic E-state index is 0.126. The molecular weight excluding hydrogens is 653 g/mol. The van der Waals surface area contributed by atoms with Gasteiger partial charge in [-0.15, -0.1) is 0 Å². The normalized spacial score (nSPS) is 11.7. The Kier molecular flexibility index (Phi) is 8.45. The number of anilines is 1. The molecule has 0 unspecified atom stereocenters. The van der Waals surface area contributed by atoms with Crippen molar-refractivity contribution in [3.05, 3.63) is 101 Å². The van der Waals surface area contributed by atoms with E-state index in [4.69, 9.17) is 4.74 Å². The van der Waals surface area contributed by atoms with Gasteiger partial charge >= 0.3 is 5.69 Å². The topological polar surface area (TPSA) is 129 Å². The quantitative estimate of drug-likeness (QED) is 0.142. The van der Waals surface area contributed by atoms with Crippen LogP contribution in [0.4, 0.5) is 15.8 Å². The third-order valence-corrected chi connectivity index (χ3v) is 6.46. The van der Waals surface area contributed by atoms with Crippen molar-refractivity contribution >= 4 is 66.3 Å². The average Bonchev–Trinajstić information content (AvgIpc) is 2.86. The largest absolute Gasteiger partial charge is 0.476 e. The Labute approximate surface area is 244 Å². The number of halogens is 3. The van der Waals surface area contributed by atoms with Gasteiger partial charge in [-0.3, -0.25) is 19.7 Å². The van der Waals surface area contributed by atoms with Crippen molar-refractivity contribution in [2.24, 2.45) is 5.10 Å². The smallest absolute Gasteiger partial charge is 0.312 e. The molecule has 0 atom stereocenters. The first-order valence-corrected chi connectivity index (χ1v) is 13.4. The standard InChI is InChI=1S/C27H22Br2FN5O5/c1-27(2,3)26-33-21-8-7-16(28)10-20(21)25(37)34(26)31-13-15-9-17(29)11-22(35(38)39)24(15)40-14-23(36)32-19-6-4-5-18(30)12-19/h4-13H,14H2,1-3H3,(H,32,36). The van der Waals surface area contributed by atoms with E-state index in [2.05, 4.69) is 47.3 Å². The van der Waals surface area contributed by atoms with Crippen LogP contribution in [-0.2, 0) is 10.2 Å². The van der Waals surface area contributed by atoms with E-state index in [1.807, 2.05) is 20.8 Å². The lowest BCUT2D eigenvalue weighted by atomic mass is 9.95. The molecule has 1 heterocycles. The van der Waals surface area contributed by atoms with Crippen molar-refractivity contribution in [2.75, 3.05) is 11.9 Å². The van der Waals surface area contributed by atoms with E-state index < -0.39 is 39.9 Å². The first-order chi connectivity index (χ1) is 18.8. The Morgan fingerprint density at radius 1 is 1.18 bits per heavy atom. The van der Waals surface area contributed by atoms with Crippen molar-refractivity contribution in [1.82, 2.24) is 9.66 Å². The molecule has 206 valence electrons. The lowest BCUT2D eigenvalue weighted by molar-refractivity contribution is -0.385. The number of ether oxygens (including phenoxy) is 1. The first-order valence-electron chi connectivity index (χ1n) is 11.8. The molecule has 0 saturated heterocycles. The van der Waals surface area contributed by atoms with Gasteiger partial charge in [0.2, 0.25) is 5.75 Å². The molecule has 0 aliphatic rings. The molecule has 0 fully saturated rings. The summed E-state index contributed by atoms with van der Waals surface area (Å²) in [6.07, 6.45) is 1.24. The van der Waals surface area contributed by atoms with Crippen LogP contribution in [0.5, 0.6) is 5.75 Å². The van der Waals surface area contributed by atoms with Crippen LogP contribution in [-0.4, -0.2) is 33.3 Å². The van der Waals surface area contributed by atoms with Crippen LogP contribution < -0.4 is 15.6 Å². The van der Waals surface area contributed by atoms with Gasteiger partial charge in [-0.25, -0.2) is 9.37 Å². The van der Waals surface area contributed by atoms with Gasteiger partial charge in [0.15, 0.2) is 6.61 Å². The highest BCUT2D eigenvalue weighted by molar-refractivity contribution is 9.10. The molecule has 4 aromatic rings. The molecular formula is C27H22Br2FN5O5.